The number of nitrogens with one attached hydrogen (secondary N) is 1. The average Bonchev–Trinajstić information content (AvgIpc) is 2.89. The van der Waals surface area contributed by atoms with Crippen LogP contribution in [0, 0.1) is 5.92 Å². The van der Waals surface area contributed by atoms with E-state index >= 15 is 0 Å². The highest BCUT2D eigenvalue weighted by Gasteiger charge is 2.24. The Morgan fingerprint density at radius 2 is 2.05 bits per heavy atom. The van der Waals surface area contributed by atoms with Gasteiger partial charge in [0.05, 0.1) is 17.9 Å². The number of hydrogen-bond acceptors (Lipinski definition) is 3. The molecule has 3 rings (SSSR count). The first kappa shape index (κ1) is 14.3. The number of nitrogens with zero attached hydrogens (tertiary/aromatic N) is 3. The van der Waals surface area contributed by atoms with Gasteiger partial charge >= 0.3 is 0 Å². The molecule has 4 nitrogen and oxygen atoms in total. The Kier molecular flexibility index (Phi) is 4.34. The summed E-state index contributed by atoms with van der Waals surface area (Å²) in [7, 11) is 1.86. The van der Waals surface area contributed by atoms with Crippen LogP contribution >= 0.6 is 0 Å². The second kappa shape index (κ2) is 6.39. The van der Waals surface area contributed by atoms with Crippen LogP contribution in [0.15, 0.2) is 36.5 Å². The Balaban J connectivity index is 1.72. The van der Waals surface area contributed by atoms with Crippen LogP contribution in [-0.4, -0.2) is 15.0 Å². The van der Waals surface area contributed by atoms with Crippen LogP contribution in [0.25, 0.3) is 0 Å². The number of hydrogen-bond donors (Lipinski definition) is 1. The molecular formula is C17H24N4. The Bertz CT molecular complexity index is 559. The molecule has 0 spiro atoms. The fourth-order valence-corrected chi connectivity index (χ4v) is 2.99. The summed E-state index contributed by atoms with van der Waals surface area (Å²) in [5, 5.41) is 12.3. The summed E-state index contributed by atoms with van der Waals surface area (Å²) in [6.07, 6.45) is 7.22. The standard InChI is InChI=1S/C17H24N4/c1-13(17-12-18-21(2)20-17)19-16(11-14-7-6-8-14)15-9-4-3-5-10-15/h3-5,9-10,12-14,16,19H,6-8,11H2,1-2H3/t13-,16-/m0/s1. The predicted octanol–water partition coefficient (Wildman–Crippen LogP) is 3.40. The lowest BCUT2D eigenvalue weighted by Crippen LogP contribution is -2.28. The molecule has 1 aromatic heterocycles. The van der Waals surface area contributed by atoms with Gasteiger partial charge in [0.25, 0.3) is 0 Å². The zero-order valence-electron chi connectivity index (χ0n) is 12.9. The van der Waals surface area contributed by atoms with Crippen LogP contribution in [-0.2, 0) is 7.05 Å². The van der Waals surface area contributed by atoms with E-state index in [1.54, 1.807) is 4.80 Å². The van der Waals surface area contributed by atoms with Crippen molar-refractivity contribution >= 4 is 0 Å². The van der Waals surface area contributed by atoms with Crippen LogP contribution < -0.4 is 5.32 Å². The maximum absolute atomic E-state index is 4.41. The molecular weight excluding hydrogens is 260 g/mol. The van der Waals surface area contributed by atoms with E-state index in [1.165, 1.54) is 31.2 Å². The summed E-state index contributed by atoms with van der Waals surface area (Å²) in [6, 6.07) is 11.4. The monoisotopic (exact) mass is 284 g/mol. The molecule has 0 unspecified atom stereocenters. The molecule has 0 amide bonds. The lowest BCUT2D eigenvalue weighted by molar-refractivity contribution is 0.253. The summed E-state index contributed by atoms with van der Waals surface area (Å²) >= 11 is 0. The van der Waals surface area contributed by atoms with Crippen molar-refractivity contribution in [1.29, 1.82) is 0 Å². The van der Waals surface area contributed by atoms with Crippen LogP contribution in [0.3, 0.4) is 0 Å². The average molecular weight is 284 g/mol. The minimum absolute atomic E-state index is 0.212. The summed E-state index contributed by atoms with van der Waals surface area (Å²) in [6.45, 7) is 2.17. The summed E-state index contributed by atoms with van der Waals surface area (Å²) in [5.41, 5.74) is 2.38. The van der Waals surface area contributed by atoms with E-state index in [9.17, 15) is 0 Å². The Hall–Kier alpha value is -1.68. The molecule has 0 saturated heterocycles. The van der Waals surface area contributed by atoms with Gasteiger partial charge in [0.15, 0.2) is 0 Å². The largest absolute Gasteiger partial charge is 0.302 e. The number of aryl methyl sites for hydroxylation is 1. The number of benzene rings is 1. The molecule has 1 saturated carbocycles. The first-order valence-corrected chi connectivity index (χ1v) is 7.89. The van der Waals surface area contributed by atoms with Gasteiger partial charge in [-0.1, -0.05) is 49.6 Å². The third kappa shape index (κ3) is 3.50. The predicted molar refractivity (Wildman–Crippen MR) is 83.7 cm³/mol. The van der Waals surface area contributed by atoms with E-state index < -0.39 is 0 Å². The van der Waals surface area contributed by atoms with Crippen molar-refractivity contribution in [3.8, 4) is 0 Å². The van der Waals surface area contributed by atoms with Gasteiger partial charge in [-0.2, -0.15) is 15.0 Å². The van der Waals surface area contributed by atoms with E-state index in [0.717, 1.165) is 11.6 Å². The number of aromatic nitrogens is 3. The maximum atomic E-state index is 4.41. The van der Waals surface area contributed by atoms with E-state index in [4.69, 9.17) is 0 Å². The second-order valence-electron chi connectivity index (χ2n) is 6.14. The van der Waals surface area contributed by atoms with Gasteiger partial charge in [-0.3, -0.25) is 0 Å². The summed E-state index contributed by atoms with van der Waals surface area (Å²) in [4.78, 5) is 1.62. The lowest BCUT2D eigenvalue weighted by atomic mass is 9.79. The molecule has 1 aliphatic rings. The van der Waals surface area contributed by atoms with Crippen molar-refractivity contribution in [1.82, 2.24) is 20.3 Å². The van der Waals surface area contributed by atoms with Gasteiger partial charge in [-0.25, -0.2) is 0 Å². The topological polar surface area (TPSA) is 42.7 Å². The second-order valence-corrected chi connectivity index (χ2v) is 6.14. The molecule has 0 bridgehead atoms. The van der Waals surface area contributed by atoms with Crippen LogP contribution in [0.5, 0.6) is 0 Å². The fraction of sp³-hybridized carbons (Fsp3) is 0.529. The van der Waals surface area contributed by atoms with Crippen LogP contribution in [0.4, 0.5) is 0 Å². The molecule has 1 aromatic carbocycles. The first-order chi connectivity index (χ1) is 10.2. The normalized spacial score (nSPS) is 18.2. The van der Waals surface area contributed by atoms with Gasteiger partial charge in [0.2, 0.25) is 0 Å². The van der Waals surface area contributed by atoms with Crippen LogP contribution in [0.1, 0.15) is 55.9 Å². The molecule has 0 aliphatic heterocycles. The van der Waals surface area contributed by atoms with Crippen LogP contribution in [0.2, 0.25) is 0 Å². The third-order valence-corrected chi connectivity index (χ3v) is 4.51. The smallest absolute Gasteiger partial charge is 0.0993 e. The molecule has 4 heteroatoms. The molecule has 2 aromatic rings. The molecule has 2 atom stereocenters. The number of rotatable bonds is 6. The van der Waals surface area contributed by atoms with Crippen molar-refractivity contribution < 1.29 is 0 Å². The quantitative estimate of drug-likeness (QED) is 0.884. The maximum Gasteiger partial charge on any atom is 0.0993 e. The molecule has 0 radical (unpaired) electrons. The zero-order valence-corrected chi connectivity index (χ0v) is 12.9. The van der Waals surface area contributed by atoms with Gasteiger partial charge in [-0.15, -0.1) is 0 Å². The van der Waals surface area contributed by atoms with Crippen molar-refractivity contribution in [2.24, 2.45) is 13.0 Å². The minimum Gasteiger partial charge on any atom is -0.302 e. The molecule has 1 fully saturated rings. The first-order valence-electron chi connectivity index (χ1n) is 7.89. The van der Waals surface area contributed by atoms with E-state index in [2.05, 4.69) is 52.8 Å². The Morgan fingerprint density at radius 1 is 1.29 bits per heavy atom. The fourth-order valence-electron chi connectivity index (χ4n) is 2.99. The van der Waals surface area contributed by atoms with Crippen molar-refractivity contribution in [3.05, 3.63) is 47.8 Å². The molecule has 112 valence electrons. The van der Waals surface area contributed by atoms with E-state index in [0.29, 0.717) is 6.04 Å². The van der Waals surface area contributed by atoms with Gasteiger partial charge in [-0.05, 0) is 24.8 Å². The van der Waals surface area contributed by atoms with Gasteiger partial charge in [0, 0.05) is 13.1 Å². The molecule has 21 heavy (non-hydrogen) atoms. The molecule has 1 heterocycles. The Morgan fingerprint density at radius 3 is 2.62 bits per heavy atom. The third-order valence-electron chi connectivity index (χ3n) is 4.51. The summed E-state index contributed by atoms with van der Waals surface area (Å²) < 4.78 is 0. The molecule has 1 aliphatic carbocycles. The summed E-state index contributed by atoms with van der Waals surface area (Å²) in [5.74, 6) is 0.872. The molecule has 1 N–H and O–H groups in total. The zero-order chi connectivity index (χ0) is 14.7. The highest BCUT2D eigenvalue weighted by Crippen LogP contribution is 2.35. The Labute approximate surface area is 126 Å². The van der Waals surface area contributed by atoms with Gasteiger partial charge < -0.3 is 5.32 Å². The minimum atomic E-state index is 0.212. The van der Waals surface area contributed by atoms with Crippen molar-refractivity contribution in [3.63, 3.8) is 0 Å². The lowest BCUT2D eigenvalue weighted by Gasteiger charge is -2.31. The van der Waals surface area contributed by atoms with E-state index in [-0.39, 0.29) is 6.04 Å². The highest BCUT2D eigenvalue weighted by molar-refractivity contribution is 5.19. The highest BCUT2D eigenvalue weighted by atomic mass is 15.4. The van der Waals surface area contributed by atoms with Gasteiger partial charge in [0.1, 0.15) is 0 Å². The van der Waals surface area contributed by atoms with Crippen molar-refractivity contribution in [2.45, 2.75) is 44.7 Å². The van der Waals surface area contributed by atoms with Crippen molar-refractivity contribution in [2.75, 3.05) is 0 Å². The SMILES string of the molecule is C[C@H](N[C@@H](CC1CCC1)c1ccccc1)c1cnn(C)n1. The van der Waals surface area contributed by atoms with E-state index in [1.807, 2.05) is 13.2 Å².